The lowest BCUT2D eigenvalue weighted by molar-refractivity contribution is -0.117. The Hall–Kier alpha value is -2.65. The van der Waals surface area contributed by atoms with Crippen molar-refractivity contribution >= 4 is 27.3 Å². The zero-order valence-electron chi connectivity index (χ0n) is 14.5. The summed E-state index contributed by atoms with van der Waals surface area (Å²) >= 11 is 0. The van der Waals surface area contributed by atoms with E-state index in [2.05, 4.69) is 10.0 Å². The van der Waals surface area contributed by atoms with Crippen molar-refractivity contribution in [2.24, 2.45) is 0 Å². The summed E-state index contributed by atoms with van der Waals surface area (Å²) in [5.41, 5.74) is 1.57. The van der Waals surface area contributed by atoms with Gasteiger partial charge in [-0.1, -0.05) is 12.1 Å². The normalized spacial score (nSPS) is 21.4. The fourth-order valence-corrected chi connectivity index (χ4v) is 4.84. The number of nitrogens with zero attached hydrogens (tertiary/aromatic N) is 1. The van der Waals surface area contributed by atoms with Crippen molar-refractivity contribution in [1.82, 2.24) is 4.72 Å². The summed E-state index contributed by atoms with van der Waals surface area (Å²) in [5.74, 6) is -0.941. The Morgan fingerprint density at radius 1 is 1.26 bits per heavy atom. The minimum atomic E-state index is -3.93. The number of benzene rings is 2. The Bertz CT molecular complexity index is 1010. The number of rotatable bonds is 4. The van der Waals surface area contributed by atoms with Crippen LogP contribution in [0.1, 0.15) is 6.42 Å². The molecule has 9 heteroatoms. The Morgan fingerprint density at radius 2 is 2.04 bits per heavy atom. The number of halogens is 1. The Kier molecular flexibility index (Phi) is 4.27. The van der Waals surface area contributed by atoms with Crippen LogP contribution in [0.25, 0.3) is 0 Å². The molecule has 2 heterocycles. The second-order valence-corrected chi connectivity index (χ2v) is 8.24. The first-order valence-electron chi connectivity index (χ1n) is 8.41. The minimum absolute atomic E-state index is 0.0276. The van der Waals surface area contributed by atoms with E-state index in [0.717, 1.165) is 11.8 Å². The number of para-hydroxylation sites is 2. The van der Waals surface area contributed by atoms with E-state index < -0.39 is 27.9 Å². The fraction of sp³-hybridized carbons (Fsp3) is 0.278. The maximum Gasteiger partial charge on any atom is 0.247 e. The largest absolute Gasteiger partial charge is 0.494 e. The summed E-state index contributed by atoms with van der Waals surface area (Å²) in [5, 5.41) is 2.85. The molecule has 2 N–H and O–H groups in total. The van der Waals surface area contributed by atoms with Gasteiger partial charge in [0, 0.05) is 12.6 Å². The molecular weight excluding hydrogens is 373 g/mol. The summed E-state index contributed by atoms with van der Waals surface area (Å²) < 4.78 is 46.5. The summed E-state index contributed by atoms with van der Waals surface area (Å²) in [6.07, 6.45) is 0.331. The van der Waals surface area contributed by atoms with Gasteiger partial charge in [-0.15, -0.1) is 0 Å². The fourth-order valence-electron chi connectivity index (χ4n) is 3.58. The number of methoxy groups -OCH3 is 1. The van der Waals surface area contributed by atoms with Crippen LogP contribution in [0, 0.1) is 5.82 Å². The van der Waals surface area contributed by atoms with Crippen molar-refractivity contribution < 1.29 is 22.3 Å². The third kappa shape index (κ3) is 3.13. The average Bonchev–Trinajstić information content (AvgIpc) is 3.05. The van der Waals surface area contributed by atoms with Crippen molar-refractivity contribution in [3.05, 3.63) is 48.3 Å². The number of fused-ring (bicyclic) bond motifs is 3. The van der Waals surface area contributed by atoms with Crippen LogP contribution in [0.4, 0.5) is 15.8 Å². The highest BCUT2D eigenvalue weighted by Crippen LogP contribution is 2.36. The molecule has 1 fully saturated rings. The van der Waals surface area contributed by atoms with Gasteiger partial charge in [-0.3, -0.25) is 4.79 Å². The first kappa shape index (κ1) is 17.7. The van der Waals surface area contributed by atoms with Crippen LogP contribution in [0.3, 0.4) is 0 Å². The van der Waals surface area contributed by atoms with Crippen LogP contribution in [0.2, 0.25) is 0 Å². The molecule has 0 aromatic heterocycles. The number of anilines is 2. The van der Waals surface area contributed by atoms with Gasteiger partial charge in [0.25, 0.3) is 0 Å². The maximum absolute atomic E-state index is 13.9. The van der Waals surface area contributed by atoms with Crippen LogP contribution in [0.5, 0.6) is 5.75 Å². The number of carbonyl (C=O) groups is 1. The minimum Gasteiger partial charge on any atom is -0.494 e. The van der Waals surface area contributed by atoms with Crippen molar-refractivity contribution in [2.75, 3.05) is 23.9 Å². The van der Waals surface area contributed by atoms with E-state index in [0.29, 0.717) is 18.7 Å². The number of carbonyl (C=O) groups excluding carboxylic acids is 1. The number of ether oxygens (including phenoxy) is 1. The van der Waals surface area contributed by atoms with E-state index in [1.165, 1.54) is 19.2 Å². The van der Waals surface area contributed by atoms with Gasteiger partial charge in [0.2, 0.25) is 15.9 Å². The molecule has 0 saturated carbocycles. The monoisotopic (exact) mass is 391 g/mol. The predicted octanol–water partition coefficient (Wildman–Crippen LogP) is 1.71. The topological polar surface area (TPSA) is 87.7 Å². The number of nitrogens with one attached hydrogen (secondary N) is 2. The van der Waals surface area contributed by atoms with E-state index >= 15 is 0 Å². The Labute approximate surface area is 156 Å². The van der Waals surface area contributed by atoms with E-state index in [1.807, 2.05) is 23.1 Å². The third-order valence-corrected chi connectivity index (χ3v) is 6.35. The van der Waals surface area contributed by atoms with Gasteiger partial charge in [-0.2, -0.15) is 0 Å². The second kappa shape index (κ2) is 6.50. The van der Waals surface area contributed by atoms with Gasteiger partial charge in [-0.05, 0) is 36.8 Å². The van der Waals surface area contributed by atoms with E-state index in [9.17, 15) is 17.6 Å². The van der Waals surface area contributed by atoms with Crippen molar-refractivity contribution in [3.8, 4) is 5.75 Å². The van der Waals surface area contributed by atoms with Crippen LogP contribution in [-0.2, 0) is 14.8 Å². The van der Waals surface area contributed by atoms with Gasteiger partial charge in [0.15, 0.2) is 11.6 Å². The SMILES string of the molecule is COc1ccc(S(=O)(=O)NC2CC3C(=O)Nc4ccccc4N3C2)cc1F. The molecule has 2 unspecified atom stereocenters. The highest BCUT2D eigenvalue weighted by Gasteiger charge is 2.42. The van der Waals surface area contributed by atoms with Crippen molar-refractivity contribution in [3.63, 3.8) is 0 Å². The molecule has 4 rings (SSSR count). The molecule has 142 valence electrons. The zero-order valence-corrected chi connectivity index (χ0v) is 15.3. The molecule has 1 amide bonds. The smallest absolute Gasteiger partial charge is 0.247 e. The lowest BCUT2D eigenvalue weighted by Gasteiger charge is -2.32. The second-order valence-electron chi connectivity index (χ2n) is 6.52. The van der Waals surface area contributed by atoms with E-state index in [-0.39, 0.29) is 16.6 Å². The predicted molar refractivity (Wildman–Crippen MR) is 97.9 cm³/mol. The molecule has 0 bridgehead atoms. The quantitative estimate of drug-likeness (QED) is 0.829. The molecule has 0 spiro atoms. The maximum atomic E-state index is 13.9. The number of amides is 1. The highest BCUT2D eigenvalue weighted by atomic mass is 32.2. The van der Waals surface area contributed by atoms with Gasteiger partial charge >= 0.3 is 0 Å². The standard InChI is InChI=1S/C18H18FN3O4S/c1-26-17-7-6-12(9-13(17)19)27(24,25)21-11-8-16-18(23)20-14-4-2-3-5-15(14)22(16)10-11/h2-7,9,11,16,21H,8,10H2,1H3,(H,20,23). The lowest BCUT2D eigenvalue weighted by atomic mass is 10.1. The Balaban J connectivity index is 1.56. The van der Waals surface area contributed by atoms with E-state index in [1.54, 1.807) is 6.07 Å². The molecule has 0 aliphatic carbocycles. The molecule has 2 aromatic rings. The zero-order chi connectivity index (χ0) is 19.2. The molecule has 2 aliphatic heterocycles. The third-order valence-electron chi connectivity index (χ3n) is 4.83. The Morgan fingerprint density at radius 3 is 2.78 bits per heavy atom. The number of hydrogen-bond acceptors (Lipinski definition) is 5. The molecule has 0 radical (unpaired) electrons. The van der Waals surface area contributed by atoms with Gasteiger partial charge in [-0.25, -0.2) is 17.5 Å². The average molecular weight is 391 g/mol. The van der Waals surface area contributed by atoms with Crippen LogP contribution >= 0.6 is 0 Å². The summed E-state index contributed by atoms with van der Waals surface area (Å²) in [6, 6.07) is 9.95. The molecule has 27 heavy (non-hydrogen) atoms. The summed E-state index contributed by atoms with van der Waals surface area (Å²) in [6.45, 7) is 0.354. The molecule has 7 nitrogen and oxygen atoms in total. The first-order chi connectivity index (χ1) is 12.9. The molecule has 2 aromatic carbocycles. The number of hydrogen-bond donors (Lipinski definition) is 2. The molecule has 1 saturated heterocycles. The highest BCUT2D eigenvalue weighted by molar-refractivity contribution is 7.89. The van der Waals surface area contributed by atoms with Crippen molar-refractivity contribution in [1.29, 1.82) is 0 Å². The van der Waals surface area contributed by atoms with Gasteiger partial charge < -0.3 is 15.0 Å². The van der Waals surface area contributed by atoms with E-state index in [4.69, 9.17) is 4.74 Å². The lowest BCUT2D eigenvalue weighted by Crippen LogP contribution is -2.44. The van der Waals surface area contributed by atoms with Gasteiger partial charge in [0.1, 0.15) is 6.04 Å². The van der Waals surface area contributed by atoms with Crippen LogP contribution < -0.4 is 19.7 Å². The summed E-state index contributed by atoms with van der Waals surface area (Å²) in [4.78, 5) is 14.1. The first-order valence-corrected chi connectivity index (χ1v) is 9.90. The van der Waals surface area contributed by atoms with Crippen molar-refractivity contribution in [2.45, 2.75) is 23.4 Å². The van der Waals surface area contributed by atoms with Crippen LogP contribution in [-0.4, -0.2) is 40.1 Å². The molecule has 2 aliphatic rings. The molecular formula is C18H18FN3O4S. The van der Waals surface area contributed by atoms with Gasteiger partial charge in [0.05, 0.1) is 23.4 Å². The van der Waals surface area contributed by atoms with Crippen LogP contribution in [0.15, 0.2) is 47.4 Å². The number of sulfonamides is 1. The summed E-state index contributed by atoms with van der Waals surface area (Å²) in [7, 11) is -2.62. The molecule has 2 atom stereocenters.